The molecule has 3 rings (SSSR count). The second-order valence-electron chi connectivity index (χ2n) is 4.41. The Morgan fingerprint density at radius 1 is 1.58 bits per heavy atom. The molecule has 0 amide bonds. The van der Waals surface area contributed by atoms with Gasteiger partial charge >= 0.3 is 0 Å². The number of anilines is 1. The molecule has 102 valence electrons. The van der Waals surface area contributed by atoms with Crippen LogP contribution in [0, 0.1) is 0 Å². The zero-order valence-electron chi connectivity index (χ0n) is 10.1. The smallest absolute Gasteiger partial charge is 0.223 e. The average Bonchev–Trinajstić information content (AvgIpc) is 2.78. The minimum Gasteiger partial charge on any atom is -0.368 e. The van der Waals surface area contributed by atoms with Crippen molar-refractivity contribution in [1.82, 2.24) is 19.5 Å². The first-order valence-corrected chi connectivity index (χ1v) is 5.97. The topological polar surface area (TPSA) is 108 Å². The van der Waals surface area contributed by atoms with Crippen LogP contribution in [0.3, 0.4) is 0 Å². The molecular weight excluding hydrogens is 274 g/mol. The molecule has 2 atom stereocenters. The van der Waals surface area contributed by atoms with Gasteiger partial charge in [0.05, 0.1) is 12.9 Å². The summed E-state index contributed by atoms with van der Waals surface area (Å²) in [6.45, 7) is 2.01. The monoisotopic (exact) mass is 285 g/mol. The zero-order chi connectivity index (χ0) is 13.6. The molecule has 1 saturated heterocycles. The van der Waals surface area contributed by atoms with E-state index in [1.165, 1.54) is 6.33 Å². The molecule has 0 bridgehead atoms. The molecule has 0 spiro atoms. The van der Waals surface area contributed by atoms with Gasteiger partial charge in [-0.2, -0.15) is 9.97 Å². The molecule has 0 aromatic carbocycles. The van der Waals surface area contributed by atoms with Crippen molar-refractivity contribution in [3.63, 3.8) is 0 Å². The number of rotatable bonds is 1. The van der Waals surface area contributed by atoms with Crippen molar-refractivity contribution in [3.05, 3.63) is 11.5 Å². The lowest BCUT2D eigenvalue weighted by Crippen LogP contribution is -2.46. The number of nitrogens with zero attached hydrogens (tertiary/aromatic N) is 4. The Hall–Kier alpha value is -1.48. The van der Waals surface area contributed by atoms with Gasteiger partial charge in [-0.25, -0.2) is 4.98 Å². The fourth-order valence-electron chi connectivity index (χ4n) is 1.96. The molecule has 8 nitrogen and oxygen atoms in total. The van der Waals surface area contributed by atoms with Crippen molar-refractivity contribution in [3.8, 4) is 0 Å². The van der Waals surface area contributed by atoms with E-state index in [9.17, 15) is 5.11 Å². The van der Waals surface area contributed by atoms with Gasteiger partial charge in [-0.05, 0) is 6.92 Å². The van der Waals surface area contributed by atoms with E-state index in [-0.39, 0.29) is 24.3 Å². The van der Waals surface area contributed by atoms with E-state index in [4.69, 9.17) is 26.8 Å². The summed E-state index contributed by atoms with van der Waals surface area (Å²) in [7, 11) is 0. The van der Waals surface area contributed by atoms with Gasteiger partial charge in [0.15, 0.2) is 22.8 Å². The highest BCUT2D eigenvalue weighted by molar-refractivity contribution is 6.33. The van der Waals surface area contributed by atoms with Gasteiger partial charge in [0.1, 0.15) is 12.1 Å². The number of nitrogens with two attached hydrogens (primary N) is 1. The molecule has 0 aliphatic carbocycles. The van der Waals surface area contributed by atoms with Crippen molar-refractivity contribution in [2.75, 3.05) is 18.9 Å². The summed E-state index contributed by atoms with van der Waals surface area (Å²) < 4.78 is 12.5. The van der Waals surface area contributed by atoms with E-state index in [1.807, 2.05) is 0 Å². The number of aliphatic hydroxyl groups is 1. The third-order valence-corrected chi connectivity index (χ3v) is 3.22. The van der Waals surface area contributed by atoms with Crippen LogP contribution in [0.2, 0.25) is 5.15 Å². The summed E-state index contributed by atoms with van der Waals surface area (Å²) in [6.07, 6.45) is 0.609. The molecular formula is C10H12ClN5O3. The summed E-state index contributed by atoms with van der Waals surface area (Å²) in [4.78, 5) is 12.1. The third kappa shape index (κ3) is 2.02. The summed E-state index contributed by atoms with van der Waals surface area (Å²) in [5.41, 5.74) is 5.65. The number of ether oxygens (including phenoxy) is 2. The van der Waals surface area contributed by atoms with Crippen molar-refractivity contribution < 1.29 is 14.6 Å². The maximum Gasteiger partial charge on any atom is 0.223 e. The van der Waals surface area contributed by atoms with E-state index >= 15 is 0 Å². The van der Waals surface area contributed by atoms with Gasteiger partial charge in [0.2, 0.25) is 5.95 Å². The van der Waals surface area contributed by atoms with Crippen LogP contribution in [-0.2, 0) is 15.2 Å². The molecule has 1 aliphatic heterocycles. The molecule has 0 radical (unpaired) electrons. The van der Waals surface area contributed by atoms with Crippen molar-refractivity contribution in [1.29, 1.82) is 0 Å². The zero-order valence-corrected chi connectivity index (χ0v) is 10.8. The Balaban J connectivity index is 2.10. The van der Waals surface area contributed by atoms with Crippen LogP contribution in [0.5, 0.6) is 0 Å². The number of nitrogen functional groups attached to an aromatic ring is 1. The Bertz CT molecular complexity index is 623. The maximum absolute atomic E-state index is 9.30. The molecule has 2 aromatic rings. The highest BCUT2D eigenvalue weighted by Crippen LogP contribution is 2.29. The van der Waals surface area contributed by atoms with Crippen LogP contribution >= 0.6 is 11.6 Å². The number of hydrogen-bond acceptors (Lipinski definition) is 7. The van der Waals surface area contributed by atoms with Gasteiger partial charge in [0, 0.05) is 0 Å². The average molecular weight is 286 g/mol. The molecule has 1 fully saturated rings. The van der Waals surface area contributed by atoms with Crippen LogP contribution in [0.15, 0.2) is 6.33 Å². The number of fused-ring (bicyclic) bond motifs is 1. The van der Waals surface area contributed by atoms with Gasteiger partial charge in [0.25, 0.3) is 0 Å². The highest BCUT2D eigenvalue weighted by atomic mass is 35.5. The molecule has 0 saturated carbocycles. The second kappa shape index (κ2) is 4.27. The molecule has 3 N–H and O–H groups in total. The number of halogens is 1. The summed E-state index contributed by atoms with van der Waals surface area (Å²) >= 11 is 5.96. The number of aliphatic hydroxyl groups excluding tert-OH is 1. The van der Waals surface area contributed by atoms with Gasteiger partial charge in [-0.3, -0.25) is 4.57 Å². The Kier molecular flexibility index (Phi) is 2.82. The number of hydrogen-bond donors (Lipinski definition) is 2. The fraction of sp³-hybridized carbons (Fsp3) is 0.500. The van der Waals surface area contributed by atoms with Gasteiger partial charge in [-0.1, -0.05) is 11.6 Å². The highest BCUT2D eigenvalue weighted by Gasteiger charge is 2.35. The molecule has 3 heterocycles. The fourth-order valence-corrected chi connectivity index (χ4v) is 2.18. The maximum atomic E-state index is 9.30. The van der Waals surface area contributed by atoms with E-state index in [0.717, 1.165) is 0 Å². The van der Waals surface area contributed by atoms with Crippen LogP contribution in [0.25, 0.3) is 11.2 Å². The van der Waals surface area contributed by atoms with Crippen molar-refractivity contribution in [2.24, 2.45) is 0 Å². The molecule has 2 aromatic heterocycles. The first kappa shape index (κ1) is 12.5. The summed E-state index contributed by atoms with van der Waals surface area (Å²) in [5, 5.41) is 9.48. The summed E-state index contributed by atoms with van der Waals surface area (Å²) in [5.74, 6) is 0.0552. The lowest BCUT2D eigenvalue weighted by atomic mass is 10.2. The predicted molar refractivity (Wildman–Crippen MR) is 66.3 cm³/mol. The molecule has 9 heteroatoms. The van der Waals surface area contributed by atoms with E-state index < -0.39 is 12.0 Å². The predicted octanol–water partition coefficient (Wildman–Crippen LogP) is 0.0998. The second-order valence-corrected chi connectivity index (χ2v) is 4.77. The third-order valence-electron chi connectivity index (χ3n) is 2.96. The van der Waals surface area contributed by atoms with E-state index in [0.29, 0.717) is 11.2 Å². The van der Waals surface area contributed by atoms with E-state index in [2.05, 4.69) is 15.0 Å². The standard InChI is InChI=1S/C10H12ClN5O3/c1-10(3-18-5(17)2-19-10)16-4-13-6-7(11)14-9(12)15-8(6)16/h4-5,17H,2-3H2,1H3,(H2,12,14,15). The van der Waals surface area contributed by atoms with Gasteiger partial charge < -0.3 is 20.3 Å². The minimum absolute atomic E-state index is 0.0552. The largest absolute Gasteiger partial charge is 0.368 e. The minimum atomic E-state index is -0.925. The molecule has 2 unspecified atom stereocenters. The Morgan fingerprint density at radius 3 is 3.05 bits per heavy atom. The lowest BCUT2D eigenvalue weighted by Gasteiger charge is -2.36. The van der Waals surface area contributed by atoms with Gasteiger partial charge in [-0.15, -0.1) is 0 Å². The van der Waals surface area contributed by atoms with Crippen molar-refractivity contribution >= 4 is 28.7 Å². The molecule has 1 aliphatic rings. The van der Waals surface area contributed by atoms with Crippen LogP contribution < -0.4 is 5.73 Å². The van der Waals surface area contributed by atoms with Crippen molar-refractivity contribution in [2.45, 2.75) is 18.9 Å². The number of imidazole rings is 1. The Labute approximate surface area is 113 Å². The summed E-state index contributed by atoms with van der Waals surface area (Å²) in [6, 6.07) is 0. The van der Waals surface area contributed by atoms with E-state index in [1.54, 1.807) is 11.5 Å². The Morgan fingerprint density at radius 2 is 2.37 bits per heavy atom. The quantitative estimate of drug-likeness (QED) is 0.715. The first-order chi connectivity index (χ1) is 8.99. The number of aromatic nitrogens is 4. The lowest BCUT2D eigenvalue weighted by molar-refractivity contribution is -0.272. The van der Waals surface area contributed by atoms with Crippen LogP contribution in [0.4, 0.5) is 5.95 Å². The van der Waals surface area contributed by atoms with Crippen LogP contribution in [-0.4, -0.2) is 44.1 Å². The molecule has 19 heavy (non-hydrogen) atoms. The van der Waals surface area contributed by atoms with Crippen LogP contribution in [0.1, 0.15) is 6.92 Å². The SMILES string of the molecule is CC1(n2cnc3c(Cl)nc(N)nc32)COC(O)CO1. The first-order valence-electron chi connectivity index (χ1n) is 5.60. The normalized spacial score (nSPS) is 27.8.